The van der Waals surface area contributed by atoms with Gasteiger partial charge in [0.05, 0.1) is 21.8 Å². The molecule has 18 heavy (non-hydrogen) atoms. The van der Waals surface area contributed by atoms with Crippen molar-refractivity contribution in [1.82, 2.24) is 0 Å². The van der Waals surface area contributed by atoms with Crippen LogP contribution in [-0.2, 0) is 4.74 Å². The first-order valence-corrected chi connectivity index (χ1v) is 6.50. The average molecular weight is 291 g/mol. The molecule has 1 saturated heterocycles. The van der Waals surface area contributed by atoms with E-state index in [9.17, 15) is 5.11 Å². The molecule has 2 rings (SSSR count). The summed E-state index contributed by atoms with van der Waals surface area (Å²) in [5.74, 6) is 0. The van der Waals surface area contributed by atoms with Crippen LogP contribution in [0.1, 0.15) is 13.3 Å². The molecule has 6 heteroatoms. The first kappa shape index (κ1) is 13.7. The van der Waals surface area contributed by atoms with E-state index in [0.717, 1.165) is 0 Å². The van der Waals surface area contributed by atoms with Gasteiger partial charge in [0.1, 0.15) is 5.60 Å². The van der Waals surface area contributed by atoms with Crippen molar-refractivity contribution >= 4 is 34.6 Å². The van der Waals surface area contributed by atoms with Gasteiger partial charge in [-0.25, -0.2) is 0 Å². The molecule has 1 aromatic rings. The minimum atomic E-state index is -0.895. The van der Waals surface area contributed by atoms with Gasteiger partial charge < -0.3 is 20.9 Å². The summed E-state index contributed by atoms with van der Waals surface area (Å²) in [6.07, 6.45) is 0.377. The highest BCUT2D eigenvalue weighted by atomic mass is 35.5. The van der Waals surface area contributed by atoms with Gasteiger partial charge in [-0.3, -0.25) is 0 Å². The number of hydrogen-bond donors (Lipinski definition) is 3. The number of hydrogen-bond acceptors (Lipinski definition) is 4. The van der Waals surface area contributed by atoms with Crippen LogP contribution in [0.25, 0.3) is 0 Å². The highest BCUT2D eigenvalue weighted by molar-refractivity contribution is 6.39. The fourth-order valence-electron chi connectivity index (χ4n) is 2.01. The van der Waals surface area contributed by atoms with E-state index in [1.807, 2.05) is 6.92 Å². The molecule has 4 N–H and O–H groups in total. The zero-order chi connectivity index (χ0) is 13.3. The highest BCUT2D eigenvalue weighted by Crippen LogP contribution is 2.34. The van der Waals surface area contributed by atoms with Crippen molar-refractivity contribution in [2.75, 3.05) is 24.2 Å². The van der Waals surface area contributed by atoms with Gasteiger partial charge in [0.25, 0.3) is 0 Å². The van der Waals surface area contributed by atoms with Crippen molar-refractivity contribution < 1.29 is 9.84 Å². The molecule has 4 nitrogen and oxygen atoms in total. The number of benzene rings is 1. The van der Waals surface area contributed by atoms with E-state index < -0.39 is 5.60 Å². The molecule has 2 unspecified atom stereocenters. The Bertz CT molecular complexity index is 433. The maximum atomic E-state index is 10.4. The Balaban J connectivity index is 2.11. The van der Waals surface area contributed by atoms with Crippen LogP contribution in [-0.4, -0.2) is 30.0 Å². The summed E-state index contributed by atoms with van der Waals surface area (Å²) in [5, 5.41) is 14.3. The molecule has 2 atom stereocenters. The lowest BCUT2D eigenvalue weighted by atomic mass is 9.96. The van der Waals surface area contributed by atoms with Gasteiger partial charge in [-0.2, -0.15) is 0 Å². The number of nitrogens with two attached hydrogens (primary N) is 1. The van der Waals surface area contributed by atoms with Crippen LogP contribution in [0, 0.1) is 0 Å². The quantitative estimate of drug-likeness (QED) is 0.749. The standard InChI is InChI=1S/C12H16Cl2N2O2/c1-7-12(17,2-3-18-7)6-16-11-9(13)4-8(15)5-10(11)14/h4-5,7,16-17H,2-3,6,15H2,1H3. The summed E-state index contributed by atoms with van der Waals surface area (Å²) in [6.45, 7) is 2.74. The average Bonchev–Trinajstić information content (AvgIpc) is 2.58. The molecule has 1 aliphatic rings. The van der Waals surface area contributed by atoms with Crippen molar-refractivity contribution in [3.05, 3.63) is 22.2 Å². The molecule has 0 bridgehead atoms. The molecule has 1 fully saturated rings. The van der Waals surface area contributed by atoms with Gasteiger partial charge in [0.15, 0.2) is 0 Å². The van der Waals surface area contributed by atoms with Gasteiger partial charge >= 0.3 is 0 Å². The van der Waals surface area contributed by atoms with Gasteiger partial charge in [-0.05, 0) is 19.1 Å². The second-order valence-electron chi connectivity index (χ2n) is 4.58. The predicted octanol–water partition coefficient (Wildman–Crippen LogP) is 2.53. The molecule has 1 aliphatic heterocycles. The second kappa shape index (κ2) is 5.13. The third-order valence-corrected chi connectivity index (χ3v) is 3.89. The Kier molecular flexibility index (Phi) is 3.92. The summed E-state index contributed by atoms with van der Waals surface area (Å²) < 4.78 is 5.36. The number of halogens is 2. The van der Waals surface area contributed by atoms with E-state index in [1.54, 1.807) is 12.1 Å². The molecular weight excluding hydrogens is 275 g/mol. The van der Waals surface area contributed by atoms with E-state index in [1.165, 1.54) is 0 Å². The zero-order valence-corrected chi connectivity index (χ0v) is 11.6. The number of nitrogens with one attached hydrogen (secondary N) is 1. The fraction of sp³-hybridized carbons (Fsp3) is 0.500. The van der Waals surface area contributed by atoms with Crippen LogP contribution < -0.4 is 11.1 Å². The SMILES string of the molecule is CC1OCCC1(O)CNc1c(Cl)cc(N)cc1Cl. The lowest BCUT2D eigenvalue weighted by Crippen LogP contribution is -2.43. The first-order chi connectivity index (χ1) is 8.42. The lowest BCUT2D eigenvalue weighted by Gasteiger charge is -2.27. The molecule has 0 saturated carbocycles. The van der Waals surface area contributed by atoms with E-state index in [0.29, 0.717) is 41.0 Å². The van der Waals surface area contributed by atoms with E-state index in [4.69, 9.17) is 33.7 Å². The van der Waals surface area contributed by atoms with Gasteiger partial charge in [0.2, 0.25) is 0 Å². The Hall–Kier alpha value is -0.680. The van der Waals surface area contributed by atoms with Crippen molar-refractivity contribution in [1.29, 1.82) is 0 Å². The predicted molar refractivity (Wildman–Crippen MR) is 74.3 cm³/mol. The number of aliphatic hydroxyl groups is 1. The smallest absolute Gasteiger partial charge is 0.110 e. The summed E-state index contributed by atoms with van der Waals surface area (Å²) in [7, 11) is 0. The third-order valence-electron chi connectivity index (χ3n) is 3.30. The van der Waals surface area contributed by atoms with Gasteiger partial charge in [-0.1, -0.05) is 23.2 Å². The number of ether oxygens (including phenoxy) is 1. The Morgan fingerprint density at radius 1 is 1.50 bits per heavy atom. The monoisotopic (exact) mass is 290 g/mol. The van der Waals surface area contributed by atoms with Gasteiger partial charge in [-0.15, -0.1) is 0 Å². The Labute approximate surface area is 116 Å². The molecule has 0 amide bonds. The minimum Gasteiger partial charge on any atom is -0.399 e. The van der Waals surface area contributed by atoms with Crippen LogP contribution >= 0.6 is 23.2 Å². The normalized spacial score (nSPS) is 27.4. The van der Waals surface area contributed by atoms with Crippen molar-refractivity contribution in [3.8, 4) is 0 Å². The summed E-state index contributed by atoms with van der Waals surface area (Å²) >= 11 is 12.1. The Morgan fingerprint density at radius 3 is 2.61 bits per heavy atom. The maximum absolute atomic E-state index is 10.4. The molecular formula is C12H16Cl2N2O2. The topological polar surface area (TPSA) is 67.5 Å². The second-order valence-corrected chi connectivity index (χ2v) is 5.39. The van der Waals surface area contributed by atoms with Crippen LogP contribution in [0.2, 0.25) is 10.0 Å². The molecule has 100 valence electrons. The summed E-state index contributed by atoms with van der Waals surface area (Å²) in [5.41, 5.74) is 5.82. The van der Waals surface area contributed by atoms with Gasteiger partial charge in [0, 0.05) is 25.3 Å². The fourth-order valence-corrected chi connectivity index (χ4v) is 2.64. The maximum Gasteiger partial charge on any atom is 0.110 e. The first-order valence-electron chi connectivity index (χ1n) is 5.75. The summed E-state index contributed by atoms with van der Waals surface area (Å²) in [4.78, 5) is 0. The Morgan fingerprint density at radius 2 is 2.11 bits per heavy atom. The van der Waals surface area contributed by atoms with Crippen molar-refractivity contribution in [2.45, 2.75) is 25.0 Å². The zero-order valence-electron chi connectivity index (χ0n) is 10.0. The lowest BCUT2D eigenvalue weighted by molar-refractivity contribution is -0.0175. The molecule has 0 radical (unpaired) electrons. The van der Waals surface area contributed by atoms with Crippen molar-refractivity contribution in [3.63, 3.8) is 0 Å². The third kappa shape index (κ3) is 2.67. The van der Waals surface area contributed by atoms with Crippen molar-refractivity contribution in [2.24, 2.45) is 0 Å². The van der Waals surface area contributed by atoms with E-state index in [-0.39, 0.29) is 6.10 Å². The van der Waals surface area contributed by atoms with Crippen LogP contribution in [0.5, 0.6) is 0 Å². The largest absolute Gasteiger partial charge is 0.399 e. The van der Waals surface area contributed by atoms with Crippen LogP contribution in [0.4, 0.5) is 11.4 Å². The van der Waals surface area contributed by atoms with E-state index >= 15 is 0 Å². The summed E-state index contributed by atoms with van der Waals surface area (Å²) in [6, 6.07) is 3.24. The van der Waals surface area contributed by atoms with Crippen LogP contribution in [0.3, 0.4) is 0 Å². The minimum absolute atomic E-state index is 0.212. The van der Waals surface area contributed by atoms with Crippen LogP contribution in [0.15, 0.2) is 12.1 Å². The van der Waals surface area contributed by atoms with E-state index in [2.05, 4.69) is 5.32 Å². The molecule has 0 spiro atoms. The number of anilines is 2. The molecule has 1 heterocycles. The molecule has 0 aromatic heterocycles. The number of nitrogen functional groups attached to an aromatic ring is 1. The number of rotatable bonds is 3. The molecule has 1 aromatic carbocycles. The molecule has 0 aliphatic carbocycles. The highest BCUT2D eigenvalue weighted by Gasteiger charge is 2.39.